The van der Waals surface area contributed by atoms with Gasteiger partial charge in [0.15, 0.2) is 5.82 Å². The van der Waals surface area contributed by atoms with Gasteiger partial charge in [-0.25, -0.2) is 9.18 Å². The van der Waals surface area contributed by atoms with Crippen LogP contribution in [0.5, 0.6) is 0 Å². The van der Waals surface area contributed by atoms with Crippen LogP contribution in [-0.4, -0.2) is 39.5 Å². The van der Waals surface area contributed by atoms with Gasteiger partial charge >= 0.3 is 6.09 Å². The molecular formula is C14H22FN3O2. The summed E-state index contributed by atoms with van der Waals surface area (Å²) < 4.78 is 19.9. The first-order valence-corrected chi connectivity index (χ1v) is 6.99. The van der Waals surface area contributed by atoms with Gasteiger partial charge in [-0.2, -0.15) is 5.10 Å². The lowest BCUT2D eigenvalue weighted by Crippen LogP contribution is -2.43. The highest BCUT2D eigenvalue weighted by molar-refractivity contribution is 5.68. The average Bonchev–Trinajstić information content (AvgIpc) is 2.73. The van der Waals surface area contributed by atoms with Crippen molar-refractivity contribution in [2.75, 3.05) is 13.1 Å². The fourth-order valence-corrected chi connectivity index (χ4v) is 2.41. The number of nitrogens with zero attached hydrogens (tertiary/aromatic N) is 3. The monoisotopic (exact) mass is 283 g/mol. The Labute approximate surface area is 118 Å². The summed E-state index contributed by atoms with van der Waals surface area (Å²) in [6.07, 6.45) is 4.27. The molecule has 0 aromatic carbocycles. The second kappa shape index (κ2) is 5.81. The van der Waals surface area contributed by atoms with Gasteiger partial charge in [0.25, 0.3) is 0 Å². The highest BCUT2D eigenvalue weighted by atomic mass is 19.1. The summed E-state index contributed by atoms with van der Waals surface area (Å²) in [4.78, 5) is 13.8. The third-order valence-electron chi connectivity index (χ3n) is 3.22. The number of amides is 1. The molecule has 1 amide bonds. The maximum atomic E-state index is 12.9. The van der Waals surface area contributed by atoms with Gasteiger partial charge in [-0.05, 0) is 39.5 Å². The van der Waals surface area contributed by atoms with Gasteiger partial charge in [-0.1, -0.05) is 0 Å². The second-order valence-corrected chi connectivity index (χ2v) is 6.32. The van der Waals surface area contributed by atoms with E-state index in [0.717, 1.165) is 19.4 Å². The van der Waals surface area contributed by atoms with Gasteiger partial charge in [-0.3, -0.25) is 4.68 Å². The van der Waals surface area contributed by atoms with E-state index in [1.165, 1.54) is 12.4 Å². The molecule has 0 aliphatic carbocycles. The number of likely N-dealkylation sites (tertiary alicyclic amines) is 1. The second-order valence-electron chi connectivity index (χ2n) is 6.32. The van der Waals surface area contributed by atoms with Gasteiger partial charge in [0, 0.05) is 19.6 Å². The van der Waals surface area contributed by atoms with E-state index >= 15 is 0 Å². The summed E-state index contributed by atoms with van der Waals surface area (Å²) in [5.41, 5.74) is -0.477. The number of halogens is 1. The quantitative estimate of drug-likeness (QED) is 0.838. The summed E-state index contributed by atoms with van der Waals surface area (Å²) in [6.45, 7) is 7.56. The van der Waals surface area contributed by atoms with Crippen molar-refractivity contribution in [3.05, 3.63) is 18.2 Å². The van der Waals surface area contributed by atoms with Crippen LogP contribution in [0.4, 0.5) is 9.18 Å². The zero-order valence-electron chi connectivity index (χ0n) is 12.3. The zero-order chi connectivity index (χ0) is 14.8. The van der Waals surface area contributed by atoms with E-state index in [4.69, 9.17) is 4.74 Å². The number of ether oxygens (including phenoxy) is 1. The van der Waals surface area contributed by atoms with Crippen LogP contribution in [0.3, 0.4) is 0 Å². The van der Waals surface area contributed by atoms with E-state index in [9.17, 15) is 9.18 Å². The molecule has 0 saturated carbocycles. The molecule has 2 heterocycles. The van der Waals surface area contributed by atoms with Crippen molar-refractivity contribution >= 4 is 6.09 Å². The summed E-state index contributed by atoms with van der Waals surface area (Å²) in [7, 11) is 0. The number of carbonyl (C=O) groups excluding carboxylic acids is 1. The molecule has 1 fully saturated rings. The minimum atomic E-state index is -0.477. The molecule has 20 heavy (non-hydrogen) atoms. The van der Waals surface area contributed by atoms with Crippen molar-refractivity contribution in [2.24, 2.45) is 5.92 Å². The molecule has 1 aliphatic heterocycles. The summed E-state index contributed by atoms with van der Waals surface area (Å²) in [5, 5.41) is 3.95. The molecule has 1 aromatic heterocycles. The number of piperidine rings is 1. The topological polar surface area (TPSA) is 47.4 Å². The third kappa shape index (κ3) is 4.21. The number of aromatic nitrogens is 2. The van der Waals surface area contributed by atoms with Crippen LogP contribution in [0.25, 0.3) is 0 Å². The number of hydrogen-bond donors (Lipinski definition) is 0. The van der Waals surface area contributed by atoms with Crippen LogP contribution in [0.2, 0.25) is 0 Å². The number of rotatable bonds is 2. The van der Waals surface area contributed by atoms with Crippen LogP contribution >= 0.6 is 0 Å². The Morgan fingerprint density at radius 1 is 1.55 bits per heavy atom. The Hall–Kier alpha value is -1.59. The smallest absolute Gasteiger partial charge is 0.410 e. The van der Waals surface area contributed by atoms with Gasteiger partial charge in [0.1, 0.15) is 5.60 Å². The van der Waals surface area contributed by atoms with Crippen LogP contribution in [0, 0.1) is 11.7 Å². The maximum absolute atomic E-state index is 12.9. The summed E-state index contributed by atoms with van der Waals surface area (Å²) >= 11 is 0. The molecule has 1 atom stereocenters. The van der Waals surface area contributed by atoms with E-state index in [2.05, 4.69) is 5.10 Å². The first kappa shape index (κ1) is 14.8. The van der Waals surface area contributed by atoms with E-state index in [-0.39, 0.29) is 17.8 Å². The van der Waals surface area contributed by atoms with E-state index in [1.807, 2.05) is 20.8 Å². The van der Waals surface area contributed by atoms with Crippen molar-refractivity contribution in [1.82, 2.24) is 14.7 Å². The molecule has 1 saturated heterocycles. The van der Waals surface area contributed by atoms with Gasteiger partial charge in [0.2, 0.25) is 0 Å². The number of carbonyl (C=O) groups is 1. The highest BCUT2D eigenvalue weighted by Crippen LogP contribution is 2.20. The summed E-state index contributed by atoms with van der Waals surface area (Å²) in [5.74, 6) is -0.0413. The van der Waals surface area contributed by atoms with Crippen LogP contribution < -0.4 is 0 Å². The molecular weight excluding hydrogens is 261 g/mol. The van der Waals surface area contributed by atoms with Crippen LogP contribution in [0.15, 0.2) is 12.4 Å². The molecule has 1 unspecified atom stereocenters. The molecule has 1 aromatic rings. The SMILES string of the molecule is CC(C)(C)OC(=O)N1CCCC(Cn2cc(F)cn2)C1. The minimum absolute atomic E-state index is 0.270. The van der Waals surface area contributed by atoms with Gasteiger partial charge < -0.3 is 9.64 Å². The summed E-state index contributed by atoms with van der Waals surface area (Å²) in [6, 6.07) is 0. The standard InChI is InChI=1S/C14H22FN3O2/c1-14(2,3)20-13(19)17-6-4-5-11(8-17)9-18-10-12(15)7-16-18/h7,10-11H,4-6,8-9H2,1-3H3. The van der Waals surface area contributed by atoms with Crippen molar-refractivity contribution in [2.45, 2.75) is 45.8 Å². The molecule has 0 bridgehead atoms. The highest BCUT2D eigenvalue weighted by Gasteiger charge is 2.27. The lowest BCUT2D eigenvalue weighted by molar-refractivity contribution is 0.0155. The largest absolute Gasteiger partial charge is 0.444 e. The first-order chi connectivity index (χ1) is 9.33. The lowest BCUT2D eigenvalue weighted by Gasteiger charge is -2.34. The average molecular weight is 283 g/mol. The predicted octanol–water partition coefficient (Wildman–Crippen LogP) is 2.67. The van der Waals surface area contributed by atoms with E-state index in [0.29, 0.717) is 13.1 Å². The molecule has 6 heteroatoms. The lowest BCUT2D eigenvalue weighted by atomic mass is 9.98. The maximum Gasteiger partial charge on any atom is 0.410 e. The van der Waals surface area contributed by atoms with Crippen molar-refractivity contribution in [1.29, 1.82) is 0 Å². The Balaban J connectivity index is 1.90. The van der Waals surface area contributed by atoms with Gasteiger partial charge in [-0.15, -0.1) is 0 Å². The van der Waals surface area contributed by atoms with Gasteiger partial charge in [0.05, 0.1) is 12.4 Å². The molecule has 0 spiro atoms. The Kier molecular flexibility index (Phi) is 4.30. The van der Waals surface area contributed by atoms with E-state index < -0.39 is 5.60 Å². The molecule has 112 valence electrons. The molecule has 2 rings (SSSR count). The fraction of sp³-hybridized carbons (Fsp3) is 0.714. The normalized spacial score (nSPS) is 20.0. The third-order valence-corrected chi connectivity index (χ3v) is 3.22. The van der Waals surface area contributed by atoms with Crippen LogP contribution in [-0.2, 0) is 11.3 Å². The Morgan fingerprint density at radius 3 is 2.90 bits per heavy atom. The van der Waals surface area contributed by atoms with E-state index in [1.54, 1.807) is 9.58 Å². The number of hydrogen-bond acceptors (Lipinski definition) is 3. The van der Waals surface area contributed by atoms with Crippen molar-refractivity contribution in [3.63, 3.8) is 0 Å². The van der Waals surface area contributed by atoms with Crippen LogP contribution in [0.1, 0.15) is 33.6 Å². The molecule has 0 radical (unpaired) electrons. The minimum Gasteiger partial charge on any atom is -0.444 e. The first-order valence-electron chi connectivity index (χ1n) is 6.99. The zero-order valence-corrected chi connectivity index (χ0v) is 12.3. The molecule has 0 N–H and O–H groups in total. The molecule has 1 aliphatic rings. The van der Waals surface area contributed by atoms with Crippen molar-refractivity contribution < 1.29 is 13.9 Å². The Bertz CT molecular complexity index is 467. The Morgan fingerprint density at radius 2 is 2.30 bits per heavy atom. The molecule has 5 nitrogen and oxygen atoms in total. The predicted molar refractivity (Wildman–Crippen MR) is 72.7 cm³/mol. The fourth-order valence-electron chi connectivity index (χ4n) is 2.41. The van der Waals surface area contributed by atoms with Crippen molar-refractivity contribution in [3.8, 4) is 0 Å².